The second-order valence-electron chi connectivity index (χ2n) is 4.98. The molecule has 1 aromatic rings. The van der Waals surface area contributed by atoms with E-state index in [-0.39, 0.29) is 0 Å². The number of nitrogens with one attached hydrogen (secondary N) is 1. The lowest BCUT2D eigenvalue weighted by Crippen LogP contribution is -2.19. The normalized spacial score (nSPS) is 10.9. The van der Waals surface area contributed by atoms with Crippen LogP contribution in [-0.4, -0.2) is 32.3 Å². The molecule has 5 heteroatoms. The van der Waals surface area contributed by atoms with Crippen molar-refractivity contribution in [2.45, 2.75) is 20.4 Å². The van der Waals surface area contributed by atoms with Gasteiger partial charge in [0.2, 0.25) is 0 Å². The lowest BCUT2D eigenvalue weighted by atomic mass is 10.1. The van der Waals surface area contributed by atoms with Crippen LogP contribution in [0.1, 0.15) is 19.4 Å². The molecule has 0 heterocycles. The molecule has 0 atom stereocenters. The van der Waals surface area contributed by atoms with Gasteiger partial charge in [-0.2, -0.15) is 11.8 Å². The van der Waals surface area contributed by atoms with Crippen LogP contribution in [0.5, 0.6) is 11.5 Å². The Hall–Kier alpha value is -0.580. The monoisotopic (exact) mass is 317 g/mol. The largest absolute Gasteiger partial charge is 0.493 e. The molecule has 0 aliphatic heterocycles. The average Bonchev–Trinajstić information content (AvgIpc) is 2.40. The molecule has 1 aromatic carbocycles. The molecule has 1 N–H and O–H groups in total. The van der Waals surface area contributed by atoms with Crippen LogP contribution in [0.3, 0.4) is 0 Å². The van der Waals surface area contributed by atoms with Gasteiger partial charge >= 0.3 is 0 Å². The highest BCUT2D eigenvalue weighted by Gasteiger charge is 2.12. The van der Waals surface area contributed by atoms with Gasteiger partial charge in [0.1, 0.15) is 0 Å². The van der Waals surface area contributed by atoms with Gasteiger partial charge in [-0.05, 0) is 36.4 Å². The smallest absolute Gasteiger partial charge is 0.179 e. The van der Waals surface area contributed by atoms with Gasteiger partial charge < -0.3 is 14.8 Å². The van der Waals surface area contributed by atoms with E-state index >= 15 is 0 Å². The zero-order valence-electron chi connectivity index (χ0n) is 12.7. The number of methoxy groups -OCH3 is 1. The van der Waals surface area contributed by atoms with Gasteiger partial charge in [0.25, 0.3) is 0 Å². The van der Waals surface area contributed by atoms with Crippen LogP contribution in [0.4, 0.5) is 0 Å². The van der Waals surface area contributed by atoms with Gasteiger partial charge in [-0.3, -0.25) is 0 Å². The van der Waals surface area contributed by atoms with E-state index in [1.807, 2.05) is 18.4 Å². The first-order valence-corrected chi connectivity index (χ1v) is 8.54. The molecule has 0 saturated heterocycles. The molecule has 0 unspecified atom stereocenters. The van der Waals surface area contributed by atoms with E-state index in [2.05, 4.69) is 19.2 Å². The summed E-state index contributed by atoms with van der Waals surface area (Å²) in [7, 11) is 1.64. The van der Waals surface area contributed by atoms with Crippen molar-refractivity contribution in [3.8, 4) is 11.5 Å². The van der Waals surface area contributed by atoms with Gasteiger partial charge in [0.05, 0.1) is 18.7 Å². The summed E-state index contributed by atoms with van der Waals surface area (Å²) < 4.78 is 11.1. The number of hydrogen-bond donors (Lipinski definition) is 1. The van der Waals surface area contributed by atoms with Crippen molar-refractivity contribution in [1.29, 1.82) is 0 Å². The van der Waals surface area contributed by atoms with Crippen LogP contribution in [0.25, 0.3) is 0 Å². The summed E-state index contributed by atoms with van der Waals surface area (Å²) in [6, 6.07) is 3.92. The molecule has 0 aromatic heterocycles. The Kier molecular flexibility index (Phi) is 8.19. The van der Waals surface area contributed by atoms with Crippen molar-refractivity contribution in [2.24, 2.45) is 5.92 Å². The third-order valence-electron chi connectivity index (χ3n) is 2.70. The van der Waals surface area contributed by atoms with Crippen LogP contribution in [0.15, 0.2) is 12.1 Å². The lowest BCUT2D eigenvalue weighted by Gasteiger charge is -2.14. The van der Waals surface area contributed by atoms with Gasteiger partial charge in [-0.1, -0.05) is 25.4 Å². The van der Waals surface area contributed by atoms with Gasteiger partial charge in [-0.15, -0.1) is 0 Å². The molecule has 0 saturated carbocycles. The molecule has 114 valence electrons. The van der Waals surface area contributed by atoms with Crippen molar-refractivity contribution < 1.29 is 9.47 Å². The fourth-order valence-corrected chi connectivity index (χ4v) is 2.29. The van der Waals surface area contributed by atoms with Crippen molar-refractivity contribution >= 4 is 23.4 Å². The summed E-state index contributed by atoms with van der Waals surface area (Å²) in [6.45, 7) is 6.75. The van der Waals surface area contributed by atoms with Crippen LogP contribution >= 0.6 is 23.4 Å². The summed E-state index contributed by atoms with van der Waals surface area (Å²) in [5.74, 6) is 2.88. The topological polar surface area (TPSA) is 30.5 Å². The molecule has 3 nitrogen and oxygen atoms in total. The fourth-order valence-electron chi connectivity index (χ4n) is 1.75. The molecule has 0 aliphatic carbocycles. The summed E-state index contributed by atoms with van der Waals surface area (Å²) in [6.07, 6.45) is 2.05. The van der Waals surface area contributed by atoms with E-state index in [1.54, 1.807) is 18.9 Å². The number of benzene rings is 1. The molecule has 0 fully saturated rings. The highest BCUT2D eigenvalue weighted by Crippen LogP contribution is 2.36. The van der Waals surface area contributed by atoms with Crippen molar-refractivity contribution in [2.75, 3.05) is 32.3 Å². The Morgan fingerprint density at radius 3 is 2.70 bits per heavy atom. The van der Waals surface area contributed by atoms with E-state index in [0.29, 0.717) is 29.0 Å². The maximum Gasteiger partial charge on any atom is 0.179 e. The van der Waals surface area contributed by atoms with Crippen molar-refractivity contribution in [3.63, 3.8) is 0 Å². The van der Waals surface area contributed by atoms with E-state index in [4.69, 9.17) is 21.1 Å². The highest BCUT2D eigenvalue weighted by atomic mass is 35.5. The molecule has 1 rings (SSSR count). The predicted molar refractivity (Wildman–Crippen MR) is 88.4 cm³/mol. The number of rotatable bonds is 9. The fraction of sp³-hybridized carbons (Fsp3) is 0.600. The second-order valence-corrected chi connectivity index (χ2v) is 6.37. The average molecular weight is 318 g/mol. The third-order valence-corrected chi connectivity index (χ3v) is 3.56. The SMILES string of the molecule is COc1cc(CNCC(C)C)cc(Cl)c1OCCSC. The molecule has 20 heavy (non-hydrogen) atoms. The number of halogens is 1. The zero-order valence-corrected chi connectivity index (χ0v) is 14.2. The van der Waals surface area contributed by atoms with Gasteiger partial charge in [-0.25, -0.2) is 0 Å². The Balaban J connectivity index is 2.73. The maximum absolute atomic E-state index is 6.29. The van der Waals surface area contributed by atoms with Crippen LogP contribution in [-0.2, 0) is 6.54 Å². The van der Waals surface area contributed by atoms with Crippen LogP contribution < -0.4 is 14.8 Å². The Morgan fingerprint density at radius 1 is 1.35 bits per heavy atom. The first-order valence-electron chi connectivity index (χ1n) is 6.77. The third kappa shape index (κ3) is 5.81. The van der Waals surface area contributed by atoms with E-state index in [1.165, 1.54) is 0 Å². The summed E-state index contributed by atoms with van der Waals surface area (Å²) in [5, 5.41) is 4.00. The second kappa shape index (κ2) is 9.37. The zero-order chi connectivity index (χ0) is 15.0. The Morgan fingerprint density at radius 2 is 2.10 bits per heavy atom. The van der Waals surface area contributed by atoms with E-state index < -0.39 is 0 Å². The molecule has 0 bridgehead atoms. The summed E-state index contributed by atoms with van der Waals surface area (Å²) >= 11 is 8.03. The minimum atomic E-state index is 0.604. The first kappa shape index (κ1) is 17.5. The number of hydrogen-bond acceptors (Lipinski definition) is 4. The summed E-state index contributed by atoms with van der Waals surface area (Å²) in [5.41, 5.74) is 1.10. The summed E-state index contributed by atoms with van der Waals surface area (Å²) in [4.78, 5) is 0. The van der Waals surface area contributed by atoms with E-state index in [9.17, 15) is 0 Å². The van der Waals surface area contributed by atoms with Crippen molar-refractivity contribution in [1.82, 2.24) is 5.32 Å². The number of ether oxygens (including phenoxy) is 2. The van der Waals surface area contributed by atoms with E-state index in [0.717, 1.165) is 24.4 Å². The first-order chi connectivity index (χ1) is 9.58. The maximum atomic E-state index is 6.29. The number of thioether (sulfide) groups is 1. The minimum absolute atomic E-state index is 0.604. The standard InChI is InChI=1S/C15H24ClNO2S/c1-11(2)9-17-10-12-7-13(16)15(14(8-12)18-3)19-5-6-20-4/h7-8,11,17H,5-6,9-10H2,1-4H3. The van der Waals surface area contributed by atoms with Crippen LogP contribution in [0.2, 0.25) is 5.02 Å². The Bertz CT molecular complexity index is 413. The molecule has 0 aliphatic rings. The molecular weight excluding hydrogens is 294 g/mol. The minimum Gasteiger partial charge on any atom is -0.493 e. The highest BCUT2D eigenvalue weighted by molar-refractivity contribution is 7.98. The molecule has 0 amide bonds. The molecular formula is C15H24ClNO2S. The molecule has 0 spiro atoms. The molecule has 0 radical (unpaired) electrons. The lowest BCUT2D eigenvalue weighted by molar-refractivity contribution is 0.313. The predicted octanol–water partition coefficient (Wildman–Crippen LogP) is 3.84. The quantitative estimate of drug-likeness (QED) is 0.701. The Labute approximate surface area is 131 Å². The van der Waals surface area contributed by atoms with Gasteiger partial charge in [0.15, 0.2) is 11.5 Å². The van der Waals surface area contributed by atoms with Gasteiger partial charge in [0, 0.05) is 12.3 Å². The van der Waals surface area contributed by atoms with Crippen LogP contribution in [0, 0.1) is 5.92 Å². The van der Waals surface area contributed by atoms with Crippen molar-refractivity contribution in [3.05, 3.63) is 22.7 Å².